The summed E-state index contributed by atoms with van der Waals surface area (Å²) in [5, 5.41) is 0.546. The minimum absolute atomic E-state index is 0.0865. The van der Waals surface area contributed by atoms with E-state index in [2.05, 4.69) is 19.1 Å². The van der Waals surface area contributed by atoms with Crippen molar-refractivity contribution in [3.63, 3.8) is 0 Å². The lowest BCUT2D eigenvalue weighted by Crippen LogP contribution is -2.38. The number of carbonyl (C=O) groups is 1. The van der Waals surface area contributed by atoms with E-state index < -0.39 is 6.04 Å². The highest BCUT2D eigenvalue weighted by Gasteiger charge is 2.27. The Kier molecular flexibility index (Phi) is 9.66. The molecular weight excluding hydrogens is 486 g/mol. The minimum Gasteiger partial charge on any atom is -0.385 e. The smallest absolute Gasteiger partial charge is 0.266 e. The van der Waals surface area contributed by atoms with Crippen LogP contribution in [-0.2, 0) is 11.2 Å². The average molecular weight is 526 g/mol. The van der Waals surface area contributed by atoms with E-state index in [1.165, 1.54) is 18.4 Å². The lowest BCUT2D eigenvalue weighted by molar-refractivity contribution is 0.0657. The van der Waals surface area contributed by atoms with E-state index in [0.29, 0.717) is 41.9 Å². The molecule has 4 aromatic rings. The van der Waals surface area contributed by atoms with Crippen LogP contribution >= 0.6 is 0 Å². The van der Waals surface area contributed by atoms with Gasteiger partial charge in [0.15, 0.2) is 0 Å². The van der Waals surface area contributed by atoms with Gasteiger partial charge in [-0.1, -0.05) is 61.7 Å². The van der Waals surface area contributed by atoms with Crippen LogP contribution in [0.2, 0.25) is 0 Å². The molecule has 39 heavy (non-hydrogen) atoms. The van der Waals surface area contributed by atoms with Crippen molar-refractivity contribution in [1.29, 1.82) is 0 Å². The van der Waals surface area contributed by atoms with Gasteiger partial charge >= 0.3 is 0 Å². The molecule has 204 valence electrons. The van der Waals surface area contributed by atoms with Gasteiger partial charge in [-0.25, -0.2) is 4.98 Å². The van der Waals surface area contributed by atoms with Gasteiger partial charge in [0, 0.05) is 25.8 Å². The third kappa shape index (κ3) is 6.63. The van der Waals surface area contributed by atoms with E-state index in [-0.39, 0.29) is 11.5 Å². The van der Waals surface area contributed by atoms with Gasteiger partial charge in [-0.15, -0.1) is 0 Å². The maximum atomic E-state index is 13.9. The number of hydrogen-bond donors (Lipinski definition) is 0. The third-order valence-electron chi connectivity index (χ3n) is 7.21. The second-order valence-electron chi connectivity index (χ2n) is 10.1. The molecule has 0 aliphatic heterocycles. The molecule has 6 nitrogen and oxygen atoms in total. The van der Waals surface area contributed by atoms with Crippen molar-refractivity contribution in [2.24, 2.45) is 0 Å². The van der Waals surface area contributed by atoms with Crippen LogP contribution in [-0.4, -0.2) is 40.6 Å². The molecule has 3 aromatic carbocycles. The van der Waals surface area contributed by atoms with Gasteiger partial charge in [0.25, 0.3) is 11.5 Å². The fourth-order valence-corrected chi connectivity index (χ4v) is 4.92. The maximum Gasteiger partial charge on any atom is 0.266 e. The number of aromatic nitrogens is 2. The maximum absolute atomic E-state index is 13.9. The lowest BCUT2D eigenvalue weighted by Gasteiger charge is -2.31. The quantitative estimate of drug-likeness (QED) is 0.194. The van der Waals surface area contributed by atoms with Gasteiger partial charge in [-0.05, 0) is 75.1 Å². The van der Waals surface area contributed by atoms with E-state index in [9.17, 15) is 9.59 Å². The molecule has 0 aliphatic carbocycles. The molecule has 0 aliphatic rings. The van der Waals surface area contributed by atoms with Gasteiger partial charge < -0.3 is 9.64 Å². The number of fused-ring (bicyclic) bond motifs is 1. The Morgan fingerprint density at radius 3 is 2.38 bits per heavy atom. The number of aryl methyl sites for hydroxylation is 2. The van der Waals surface area contributed by atoms with Crippen molar-refractivity contribution >= 4 is 16.8 Å². The van der Waals surface area contributed by atoms with Crippen LogP contribution in [0.15, 0.2) is 77.6 Å². The number of para-hydroxylation sites is 1. The van der Waals surface area contributed by atoms with Crippen molar-refractivity contribution in [3.8, 4) is 5.69 Å². The monoisotopic (exact) mass is 525 g/mol. The fraction of sp³-hybridized carbons (Fsp3) is 0.364. The Bertz CT molecular complexity index is 1440. The Morgan fingerprint density at radius 2 is 1.69 bits per heavy atom. The van der Waals surface area contributed by atoms with E-state index in [0.717, 1.165) is 24.1 Å². The highest BCUT2D eigenvalue weighted by atomic mass is 16.5. The summed E-state index contributed by atoms with van der Waals surface area (Å²) in [5.41, 5.74) is 4.17. The topological polar surface area (TPSA) is 64.4 Å². The number of benzene rings is 3. The molecule has 1 atom stereocenters. The first-order chi connectivity index (χ1) is 18.9. The SMILES string of the molecule is CCCCCc1ccc(C(=O)N(CCCOC)C(C)c2nc3ccccc3c(=O)n2-c2ccc(C)cc2)cc1. The molecule has 0 bridgehead atoms. The largest absolute Gasteiger partial charge is 0.385 e. The number of rotatable bonds is 12. The summed E-state index contributed by atoms with van der Waals surface area (Å²) in [6.07, 6.45) is 5.21. The molecule has 0 N–H and O–H groups in total. The second-order valence-corrected chi connectivity index (χ2v) is 10.1. The molecular formula is C33H39N3O3. The molecule has 0 saturated heterocycles. The average Bonchev–Trinajstić information content (AvgIpc) is 2.96. The normalized spacial score (nSPS) is 12.0. The molecule has 4 rings (SSSR count). The zero-order valence-corrected chi connectivity index (χ0v) is 23.5. The summed E-state index contributed by atoms with van der Waals surface area (Å²) in [6.45, 7) is 7.17. The van der Waals surface area contributed by atoms with Crippen LogP contribution in [0, 0.1) is 6.92 Å². The highest BCUT2D eigenvalue weighted by molar-refractivity contribution is 5.94. The zero-order valence-electron chi connectivity index (χ0n) is 23.5. The highest BCUT2D eigenvalue weighted by Crippen LogP contribution is 2.25. The van der Waals surface area contributed by atoms with E-state index in [1.807, 2.05) is 73.3 Å². The molecule has 0 saturated carbocycles. The van der Waals surface area contributed by atoms with E-state index in [1.54, 1.807) is 17.7 Å². The summed E-state index contributed by atoms with van der Waals surface area (Å²) < 4.78 is 6.95. The Morgan fingerprint density at radius 1 is 0.974 bits per heavy atom. The summed E-state index contributed by atoms with van der Waals surface area (Å²) >= 11 is 0. The first-order valence-electron chi connectivity index (χ1n) is 13.9. The number of hydrogen-bond acceptors (Lipinski definition) is 4. The summed E-state index contributed by atoms with van der Waals surface area (Å²) in [6, 6.07) is 22.7. The van der Waals surface area contributed by atoms with Gasteiger partial charge in [-0.2, -0.15) is 0 Å². The molecule has 1 unspecified atom stereocenters. The molecule has 0 radical (unpaired) electrons. The Hall–Kier alpha value is -3.77. The van der Waals surface area contributed by atoms with Crippen LogP contribution in [0.5, 0.6) is 0 Å². The molecule has 1 amide bonds. The van der Waals surface area contributed by atoms with E-state index in [4.69, 9.17) is 9.72 Å². The van der Waals surface area contributed by atoms with Crippen molar-refractivity contribution < 1.29 is 9.53 Å². The van der Waals surface area contributed by atoms with Gasteiger partial charge in [0.2, 0.25) is 0 Å². The molecule has 1 heterocycles. The van der Waals surface area contributed by atoms with Crippen LogP contribution in [0.25, 0.3) is 16.6 Å². The lowest BCUT2D eigenvalue weighted by atomic mass is 10.0. The number of unbranched alkanes of at least 4 members (excludes halogenated alkanes) is 2. The summed E-state index contributed by atoms with van der Waals surface area (Å²) in [5.74, 6) is 0.445. The fourth-order valence-electron chi connectivity index (χ4n) is 4.92. The van der Waals surface area contributed by atoms with Crippen LogP contribution in [0.3, 0.4) is 0 Å². The molecule has 0 spiro atoms. The number of nitrogens with zero attached hydrogens (tertiary/aromatic N) is 3. The predicted molar refractivity (Wildman–Crippen MR) is 158 cm³/mol. The summed E-state index contributed by atoms with van der Waals surface area (Å²) in [4.78, 5) is 34.5. The predicted octanol–water partition coefficient (Wildman–Crippen LogP) is 6.67. The van der Waals surface area contributed by atoms with Crippen LogP contribution < -0.4 is 5.56 Å². The number of ether oxygens (including phenoxy) is 1. The standard InChI is InChI=1S/C33H39N3O3/c1-5-6-7-11-26-16-18-27(19-17-26)32(37)35(22-10-23-39-4)25(3)31-34-30-13-9-8-12-29(30)33(38)36(31)28-20-14-24(2)15-21-28/h8-9,12-21,25H,5-7,10-11,22-23H2,1-4H3. The third-order valence-corrected chi connectivity index (χ3v) is 7.21. The van der Waals surface area contributed by atoms with Crippen molar-refractivity contribution in [2.45, 2.75) is 58.9 Å². The van der Waals surface area contributed by atoms with E-state index >= 15 is 0 Å². The Labute approximate surface area is 231 Å². The number of amides is 1. The zero-order chi connectivity index (χ0) is 27.8. The molecule has 0 fully saturated rings. The first kappa shape index (κ1) is 28.2. The van der Waals surface area contributed by atoms with Crippen LogP contribution in [0.1, 0.15) is 72.9 Å². The molecule has 6 heteroatoms. The van der Waals surface area contributed by atoms with Gasteiger partial charge in [-0.3, -0.25) is 14.2 Å². The van der Waals surface area contributed by atoms with Crippen LogP contribution in [0.4, 0.5) is 0 Å². The number of methoxy groups -OCH3 is 1. The minimum atomic E-state index is -0.461. The van der Waals surface area contributed by atoms with Crippen molar-refractivity contribution in [3.05, 3.63) is 106 Å². The Balaban J connectivity index is 1.76. The summed E-state index contributed by atoms with van der Waals surface area (Å²) in [7, 11) is 1.66. The van der Waals surface area contributed by atoms with Gasteiger partial charge in [0.1, 0.15) is 5.82 Å². The first-order valence-corrected chi connectivity index (χ1v) is 13.9. The van der Waals surface area contributed by atoms with Crippen molar-refractivity contribution in [2.75, 3.05) is 20.3 Å². The second kappa shape index (κ2) is 13.3. The van der Waals surface area contributed by atoms with Gasteiger partial charge in [0.05, 0.1) is 22.6 Å². The number of carbonyl (C=O) groups excluding carboxylic acids is 1. The molecule has 1 aromatic heterocycles. The van der Waals surface area contributed by atoms with Crippen molar-refractivity contribution in [1.82, 2.24) is 14.5 Å².